The summed E-state index contributed by atoms with van der Waals surface area (Å²) in [4.78, 5) is 12.5. The fraction of sp³-hybridized carbons (Fsp3) is 0.136. The Labute approximate surface area is 158 Å². The van der Waals surface area contributed by atoms with Crippen LogP contribution in [0.5, 0.6) is 11.5 Å². The van der Waals surface area contributed by atoms with Crippen molar-refractivity contribution in [1.29, 1.82) is 0 Å². The van der Waals surface area contributed by atoms with E-state index in [1.165, 1.54) is 6.08 Å². The molecule has 0 fully saturated rings. The number of amides is 1. The number of nitrogens with one attached hydrogen (secondary N) is 1. The summed E-state index contributed by atoms with van der Waals surface area (Å²) in [6, 6.07) is 18.5. The summed E-state index contributed by atoms with van der Waals surface area (Å²) >= 11 is 0. The van der Waals surface area contributed by atoms with Gasteiger partial charge in [-0.1, -0.05) is 24.3 Å². The Balaban J connectivity index is 1.84. The molecule has 0 atom stereocenters. The van der Waals surface area contributed by atoms with Crippen molar-refractivity contribution < 1.29 is 18.7 Å². The van der Waals surface area contributed by atoms with Crippen LogP contribution < -0.4 is 14.8 Å². The molecule has 1 aromatic heterocycles. The lowest BCUT2D eigenvalue weighted by molar-refractivity contribution is -0.116. The Hall–Kier alpha value is -3.47. The van der Waals surface area contributed by atoms with Crippen molar-refractivity contribution in [2.24, 2.45) is 0 Å². The molecule has 5 nitrogen and oxygen atoms in total. The van der Waals surface area contributed by atoms with Gasteiger partial charge >= 0.3 is 0 Å². The van der Waals surface area contributed by atoms with Gasteiger partial charge in [-0.3, -0.25) is 4.79 Å². The molecule has 0 unspecified atom stereocenters. The number of hydrogen-bond acceptors (Lipinski definition) is 4. The molecule has 0 aliphatic rings. The predicted molar refractivity (Wildman–Crippen MR) is 104 cm³/mol. The summed E-state index contributed by atoms with van der Waals surface area (Å²) in [5.74, 6) is 1.92. The minimum atomic E-state index is -0.310. The predicted octanol–water partition coefficient (Wildman–Crippen LogP) is 4.22. The normalized spacial score (nSPS) is 10.9. The maximum absolute atomic E-state index is 12.5. The fourth-order valence-electron chi connectivity index (χ4n) is 2.69. The van der Waals surface area contributed by atoms with E-state index in [1.807, 2.05) is 48.5 Å². The van der Waals surface area contributed by atoms with Crippen molar-refractivity contribution in [2.75, 3.05) is 14.2 Å². The minimum absolute atomic E-state index is 0.219. The van der Waals surface area contributed by atoms with Gasteiger partial charge in [-0.2, -0.15) is 0 Å². The number of furan rings is 1. The van der Waals surface area contributed by atoms with E-state index in [-0.39, 0.29) is 11.9 Å². The van der Waals surface area contributed by atoms with Crippen LogP contribution >= 0.6 is 0 Å². The number of carbonyl (C=O) groups excluding carboxylic acids is 1. The van der Waals surface area contributed by atoms with Gasteiger partial charge in [0.25, 0.3) is 0 Å². The van der Waals surface area contributed by atoms with Crippen molar-refractivity contribution >= 4 is 12.0 Å². The van der Waals surface area contributed by atoms with Crippen molar-refractivity contribution in [2.45, 2.75) is 6.04 Å². The maximum atomic E-state index is 12.5. The van der Waals surface area contributed by atoms with Crippen molar-refractivity contribution in [1.82, 2.24) is 5.32 Å². The van der Waals surface area contributed by atoms with Gasteiger partial charge in [0, 0.05) is 6.08 Å². The van der Waals surface area contributed by atoms with Crippen LogP contribution in [0.2, 0.25) is 0 Å². The number of benzene rings is 2. The van der Waals surface area contributed by atoms with E-state index in [0.29, 0.717) is 5.76 Å². The number of rotatable bonds is 7. The smallest absolute Gasteiger partial charge is 0.244 e. The first-order chi connectivity index (χ1) is 13.2. The molecule has 1 N–H and O–H groups in total. The van der Waals surface area contributed by atoms with Crippen LogP contribution in [0.25, 0.3) is 6.08 Å². The highest BCUT2D eigenvalue weighted by Gasteiger charge is 2.16. The van der Waals surface area contributed by atoms with Crippen molar-refractivity contribution in [3.8, 4) is 11.5 Å². The first-order valence-corrected chi connectivity index (χ1v) is 8.49. The molecule has 0 aliphatic carbocycles. The molecule has 0 spiro atoms. The third-order valence-electron chi connectivity index (χ3n) is 4.13. The Morgan fingerprint density at radius 1 is 0.926 bits per heavy atom. The maximum Gasteiger partial charge on any atom is 0.244 e. The number of ether oxygens (including phenoxy) is 2. The Bertz CT molecular complexity index is 834. The average molecular weight is 363 g/mol. The molecule has 1 heterocycles. The highest BCUT2D eigenvalue weighted by atomic mass is 16.5. The zero-order valence-corrected chi connectivity index (χ0v) is 15.2. The van der Waals surface area contributed by atoms with Gasteiger partial charge in [0.2, 0.25) is 5.91 Å². The molecule has 0 radical (unpaired) electrons. The molecule has 0 saturated heterocycles. The summed E-state index contributed by atoms with van der Waals surface area (Å²) in [6.45, 7) is 0. The summed E-state index contributed by atoms with van der Waals surface area (Å²) in [7, 11) is 3.24. The van der Waals surface area contributed by atoms with Gasteiger partial charge < -0.3 is 19.2 Å². The lowest BCUT2D eigenvalue weighted by Gasteiger charge is -2.19. The SMILES string of the molecule is COc1ccc(C(NC(=O)C=Cc2ccco2)c2ccc(OC)cc2)cc1. The van der Waals surface area contributed by atoms with Gasteiger partial charge in [0.05, 0.1) is 26.5 Å². The van der Waals surface area contributed by atoms with Crippen molar-refractivity contribution in [3.63, 3.8) is 0 Å². The second-order valence-corrected chi connectivity index (χ2v) is 5.84. The van der Waals surface area contributed by atoms with Crippen LogP contribution in [0, 0.1) is 0 Å². The number of hydrogen-bond donors (Lipinski definition) is 1. The monoisotopic (exact) mass is 363 g/mol. The third kappa shape index (κ3) is 4.79. The molecule has 0 saturated carbocycles. The van der Waals surface area contributed by atoms with Gasteiger partial charge in [0.15, 0.2) is 0 Å². The average Bonchev–Trinajstić information content (AvgIpc) is 3.24. The van der Waals surface area contributed by atoms with E-state index in [1.54, 1.807) is 38.7 Å². The van der Waals surface area contributed by atoms with Crippen LogP contribution in [0.4, 0.5) is 0 Å². The van der Waals surface area contributed by atoms with Crippen LogP contribution in [0.15, 0.2) is 77.4 Å². The standard InChI is InChI=1S/C22H21NO4/c1-25-18-9-5-16(6-10-18)22(17-7-11-19(26-2)12-8-17)23-21(24)14-13-20-4-3-15-27-20/h3-15,22H,1-2H3,(H,23,24). The van der Waals surface area contributed by atoms with Crippen LogP contribution in [-0.4, -0.2) is 20.1 Å². The Morgan fingerprint density at radius 3 is 1.93 bits per heavy atom. The van der Waals surface area contributed by atoms with E-state index in [2.05, 4.69) is 5.32 Å². The summed E-state index contributed by atoms with van der Waals surface area (Å²) < 4.78 is 15.7. The van der Waals surface area contributed by atoms with Gasteiger partial charge in [-0.25, -0.2) is 0 Å². The molecular formula is C22H21NO4. The molecule has 0 aliphatic heterocycles. The highest BCUT2D eigenvalue weighted by Crippen LogP contribution is 2.26. The lowest BCUT2D eigenvalue weighted by atomic mass is 9.98. The summed E-state index contributed by atoms with van der Waals surface area (Å²) in [5, 5.41) is 3.04. The van der Waals surface area contributed by atoms with Gasteiger partial charge in [0.1, 0.15) is 17.3 Å². The largest absolute Gasteiger partial charge is 0.497 e. The Kier molecular flexibility index (Phi) is 5.94. The van der Waals surface area contributed by atoms with E-state index in [0.717, 1.165) is 22.6 Å². The molecule has 0 bridgehead atoms. The van der Waals surface area contributed by atoms with Gasteiger partial charge in [-0.15, -0.1) is 0 Å². The first-order valence-electron chi connectivity index (χ1n) is 8.49. The fourth-order valence-corrected chi connectivity index (χ4v) is 2.69. The lowest BCUT2D eigenvalue weighted by Crippen LogP contribution is -2.27. The summed E-state index contributed by atoms with van der Waals surface area (Å²) in [5.41, 5.74) is 1.89. The highest BCUT2D eigenvalue weighted by molar-refractivity contribution is 5.91. The zero-order valence-electron chi connectivity index (χ0n) is 15.2. The quantitative estimate of drug-likeness (QED) is 0.639. The Morgan fingerprint density at radius 2 is 1.48 bits per heavy atom. The van der Waals surface area contributed by atoms with Gasteiger partial charge in [-0.05, 0) is 53.6 Å². The topological polar surface area (TPSA) is 60.7 Å². The zero-order chi connectivity index (χ0) is 19.1. The van der Waals surface area contributed by atoms with Crippen LogP contribution in [0.3, 0.4) is 0 Å². The molecule has 1 amide bonds. The molecule has 27 heavy (non-hydrogen) atoms. The number of carbonyl (C=O) groups is 1. The van der Waals surface area contributed by atoms with E-state index < -0.39 is 0 Å². The molecular weight excluding hydrogens is 342 g/mol. The summed E-state index contributed by atoms with van der Waals surface area (Å²) in [6.07, 6.45) is 4.66. The molecule has 5 heteroatoms. The van der Waals surface area contributed by atoms with Crippen LogP contribution in [-0.2, 0) is 4.79 Å². The second-order valence-electron chi connectivity index (χ2n) is 5.84. The third-order valence-corrected chi connectivity index (χ3v) is 4.13. The van der Waals surface area contributed by atoms with E-state index in [9.17, 15) is 4.79 Å². The minimum Gasteiger partial charge on any atom is -0.497 e. The first kappa shape index (κ1) is 18.3. The van der Waals surface area contributed by atoms with E-state index >= 15 is 0 Å². The van der Waals surface area contributed by atoms with Crippen LogP contribution in [0.1, 0.15) is 22.9 Å². The molecule has 2 aromatic carbocycles. The van der Waals surface area contributed by atoms with Crippen molar-refractivity contribution in [3.05, 3.63) is 89.9 Å². The molecule has 3 aromatic rings. The molecule has 138 valence electrons. The second kappa shape index (κ2) is 8.76. The number of methoxy groups -OCH3 is 2. The molecule has 3 rings (SSSR count). The van der Waals surface area contributed by atoms with E-state index in [4.69, 9.17) is 13.9 Å².